The Labute approximate surface area is 162 Å². The van der Waals surface area contributed by atoms with Gasteiger partial charge in [-0.3, -0.25) is 9.59 Å². The SMILES string of the molecule is Cc1cc(N2CC[NH+]([C@@H]3CC(=O)N(c4ccc(F)cc4)C3=O)CC2)nc(C)n1. The molecule has 0 unspecified atom stereocenters. The second kappa shape index (κ2) is 7.27. The summed E-state index contributed by atoms with van der Waals surface area (Å²) in [6, 6.07) is 7.06. The van der Waals surface area contributed by atoms with Gasteiger partial charge in [0.05, 0.1) is 38.3 Å². The minimum Gasteiger partial charge on any atom is -0.345 e. The highest BCUT2D eigenvalue weighted by molar-refractivity contribution is 6.21. The lowest BCUT2D eigenvalue weighted by atomic mass is 10.1. The van der Waals surface area contributed by atoms with Crippen LogP contribution < -0.4 is 14.7 Å². The van der Waals surface area contributed by atoms with Crippen molar-refractivity contribution in [2.75, 3.05) is 36.0 Å². The van der Waals surface area contributed by atoms with Crippen LogP contribution in [-0.4, -0.2) is 54.0 Å². The topological polar surface area (TPSA) is 70.8 Å². The number of amides is 2. The third-order valence-electron chi connectivity index (χ3n) is 5.41. The molecule has 3 heterocycles. The van der Waals surface area contributed by atoms with Crippen molar-refractivity contribution in [2.45, 2.75) is 26.3 Å². The molecule has 0 radical (unpaired) electrons. The van der Waals surface area contributed by atoms with Crippen molar-refractivity contribution in [3.05, 3.63) is 47.7 Å². The van der Waals surface area contributed by atoms with Crippen LogP contribution in [0, 0.1) is 19.7 Å². The van der Waals surface area contributed by atoms with Gasteiger partial charge in [-0.15, -0.1) is 0 Å². The minimum atomic E-state index is -0.392. The third kappa shape index (κ3) is 3.47. The maximum absolute atomic E-state index is 13.2. The zero-order valence-corrected chi connectivity index (χ0v) is 16.0. The van der Waals surface area contributed by atoms with Crippen LogP contribution in [0.3, 0.4) is 0 Å². The van der Waals surface area contributed by atoms with Crippen molar-refractivity contribution in [1.82, 2.24) is 9.97 Å². The van der Waals surface area contributed by atoms with E-state index in [9.17, 15) is 14.0 Å². The van der Waals surface area contributed by atoms with E-state index in [0.29, 0.717) is 5.69 Å². The van der Waals surface area contributed by atoms with E-state index in [-0.39, 0.29) is 24.3 Å². The first-order valence-corrected chi connectivity index (χ1v) is 9.46. The molecule has 0 spiro atoms. The number of hydrogen-bond donors (Lipinski definition) is 1. The maximum atomic E-state index is 13.2. The predicted molar refractivity (Wildman–Crippen MR) is 102 cm³/mol. The van der Waals surface area contributed by atoms with Crippen molar-refractivity contribution in [3.8, 4) is 0 Å². The number of aromatic nitrogens is 2. The summed E-state index contributed by atoms with van der Waals surface area (Å²) in [5.74, 6) is 0.839. The number of anilines is 2. The summed E-state index contributed by atoms with van der Waals surface area (Å²) in [6.07, 6.45) is 0.192. The molecule has 7 nitrogen and oxygen atoms in total. The first kappa shape index (κ1) is 18.5. The molecule has 2 fully saturated rings. The van der Waals surface area contributed by atoms with Gasteiger partial charge in [0.2, 0.25) is 5.91 Å². The van der Waals surface area contributed by atoms with Gasteiger partial charge in [-0.25, -0.2) is 19.3 Å². The summed E-state index contributed by atoms with van der Waals surface area (Å²) in [6.45, 7) is 6.86. The zero-order chi connectivity index (χ0) is 19.8. The van der Waals surface area contributed by atoms with Gasteiger partial charge in [-0.1, -0.05) is 0 Å². The Hall–Kier alpha value is -2.87. The molecule has 2 aliphatic rings. The van der Waals surface area contributed by atoms with Crippen LogP contribution in [0.5, 0.6) is 0 Å². The molecular weight excluding hydrogens is 361 g/mol. The number of aryl methyl sites for hydroxylation is 2. The van der Waals surface area contributed by atoms with E-state index in [1.807, 2.05) is 19.9 Å². The van der Waals surface area contributed by atoms with E-state index in [0.717, 1.165) is 48.4 Å². The van der Waals surface area contributed by atoms with Crippen LogP contribution in [0.2, 0.25) is 0 Å². The molecule has 146 valence electrons. The van der Waals surface area contributed by atoms with Crippen LogP contribution in [0.15, 0.2) is 30.3 Å². The molecule has 4 rings (SSSR count). The van der Waals surface area contributed by atoms with E-state index in [4.69, 9.17) is 0 Å². The highest BCUT2D eigenvalue weighted by Gasteiger charge is 2.46. The monoisotopic (exact) mass is 384 g/mol. The number of carbonyl (C=O) groups excluding carboxylic acids is 2. The molecule has 0 aliphatic carbocycles. The Bertz CT molecular complexity index is 889. The summed E-state index contributed by atoms with van der Waals surface area (Å²) in [5, 5.41) is 0. The number of piperazine rings is 1. The number of nitrogens with one attached hydrogen (secondary N) is 1. The number of quaternary nitrogens is 1. The number of halogens is 1. The molecule has 1 aromatic heterocycles. The molecular formula is C20H23FN5O2+. The smallest absolute Gasteiger partial charge is 0.292 e. The average Bonchev–Trinajstić information content (AvgIpc) is 2.96. The fourth-order valence-corrected chi connectivity index (χ4v) is 4.04. The largest absolute Gasteiger partial charge is 0.345 e. The van der Waals surface area contributed by atoms with E-state index in [2.05, 4.69) is 14.9 Å². The molecule has 8 heteroatoms. The van der Waals surface area contributed by atoms with E-state index >= 15 is 0 Å². The van der Waals surface area contributed by atoms with E-state index in [1.54, 1.807) is 0 Å². The molecule has 2 aliphatic heterocycles. The highest BCUT2D eigenvalue weighted by atomic mass is 19.1. The quantitative estimate of drug-likeness (QED) is 0.770. The Balaban J connectivity index is 1.44. The highest BCUT2D eigenvalue weighted by Crippen LogP contribution is 2.22. The van der Waals surface area contributed by atoms with Crippen molar-refractivity contribution < 1.29 is 18.9 Å². The molecule has 2 saturated heterocycles. The van der Waals surface area contributed by atoms with Gasteiger partial charge < -0.3 is 9.80 Å². The molecule has 0 bridgehead atoms. The molecule has 0 saturated carbocycles. The fraction of sp³-hybridized carbons (Fsp3) is 0.400. The van der Waals surface area contributed by atoms with Gasteiger partial charge in [0.1, 0.15) is 17.5 Å². The van der Waals surface area contributed by atoms with Crippen LogP contribution >= 0.6 is 0 Å². The standard InChI is InChI=1S/C20H22FN5O2/c1-13-11-18(23-14(2)22-13)25-9-7-24(8-10-25)17-12-19(27)26(20(17)28)16-5-3-15(21)4-6-16/h3-6,11,17H,7-10,12H2,1-2H3/p+1/t17-/m1/s1. The van der Waals surface area contributed by atoms with Gasteiger partial charge in [0, 0.05) is 11.8 Å². The fourth-order valence-electron chi connectivity index (χ4n) is 4.04. The average molecular weight is 384 g/mol. The first-order chi connectivity index (χ1) is 13.4. The van der Waals surface area contributed by atoms with E-state index in [1.165, 1.54) is 29.2 Å². The Kier molecular flexibility index (Phi) is 4.80. The number of imide groups is 1. The molecule has 1 atom stereocenters. The zero-order valence-electron chi connectivity index (χ0n) is 16.0. The van der Waals surface area contributed by atoms with Gasteiger partial charge in [-0.05, 0) is 38.1 Å². The molecule has 2 amide bonds. The van der Waals surface area contributed by atoms with Gasteiger partial charge in [-0.2, -0.15) is 0 Å². The molecule has 28 heavy (non-hydrogen) atoms. The first-order valence-electron chi connectivity index (χ1n) is 9.46. The predicted octanol–water partition coefficient (Wildman–Crippen LogP) is 0.270. The number of hydrogen-bond acceptors (Lipinski definition) is 5. The Morgan fingerprint density at radius 3 is 2.39 bits per heavy atom. The van der Waals surface area contributed by atoms with Crippen molar-refractivity contribution >= 4 is 23.3 Å². The number of carbonyl (C=O) groups is 2. The number of rotatable bonds is 3. The van der Waals surface area contributed by atoms with Crippen LogP contribution in [0.1, 0.15) is 17.9 Å². The molecule has 1 N–H and O–H groups in total. The van der Waals surface area contributed by atoms with Crippen molar-refractivity contribution in [2.24, 2.45) is 0 Å². The second-order valence-electron chi connectivity index (χ2n) is 7.36. The van der Waals surface area contributed by atoms with Crippen molar-refractivity contribution in [1.29, 1.82) is 0 Å². The van der Waals surface area contributed by atoms with Crippen molar-refractivity contribution in [3.63, 3.8) is 0 Å². The lowest BCUT2D eigenvalue weighted by Gasteiger charge is -2.35. The summed E-state index contributed by atoms with van der Waals surface area (Å²) in [4.78, 5) is 38.7. The molecule has 2 aromatic rings. The van der Waals surface area contributed by atoms with Gasteiger partial charge in [0.15, 0.2) is 6.04 Å². The minimum absolute atomic E-state index is 0.192. The molecule has 1 aromatic carbocycles. The third-order valence-corrected chi connectivity index (χ3v) is 5.41. The second-order valence-corrected chi connectivity index (χ2v) is 7.36. The number of nitrogens with zero attached hydrogens (tertiary/aromatic N) is 4. The maximum Gasteiger partial charge on any atom is 0.292 e. The summed E-state index contributed by atoms with van der Waals surface area (Å²) in [5.41, 5.74) is 1.37. The lowest BCUT2D eigenvalue weighted by Crippen LogP contribution is -3.19. The lowest BCUT2D eigenvalue weighted by molar-refractivity contribution is -0.915. The normalized spacial score (nSPS) is 20.9. The number of benzene rings is 1. The summed E-state index contributed by atoms with van der Waals surface area (Å²) in [7, 11) is 0. The van der Waals surface area contributed by atoms with Crippen LogP contribution in [-0.2, 0) is 9.59 Å². The summed E-state index contributed by atoms with van der Waals surface area (Å²) < 4.78 is 13.2. The van der Waals surface area contributed by atoms with E-state index < -0.39 is 5.82 Å². The summed E-state index contributed by atoms with van der Waals surface area (Å²) >= 11 is 0. The Morgan fingerprint density at radius 1 is 1.07 bits per heavy atom. The Morgan fingerprint density at radius 2 is 1.75 bits per heavy atom. The van der Waals surface area contributed by atoms with Gasteiger partial charge >= 0.3 is 0 Å². The van der Waals surface area contributed by atoms with Crippen LogP contribution in [0.4, 0.5) is 15.9 Å². The van der Waals surface area contributed by atoms with Crippen LogP contribution in [0.25, 0.3) is 0 Å². The van der Waals surface area contributed by atoms with Gasteiger partial charge in [0.25, 0.3) is 5.91 Å².